The Labute approximate surface area is 134 Å². The van der Waals surface area contributed by atoms with Gasteiger partial charge in [0.1, 0.15) is 5.82 Å². The van der Waals surface area contributed by atoms with E-state index < -0.39 is 11.5 Å². The van der Waals surface area contributed by atoms with Crippen LogP contribution in [0, 0.1) is 18.7 Å². The third-order valence-corrected chi connectivity index (χ3v) is 4.82. The molecule has 1 atom stereocenters. The molecule has 2 amide bonds. The van der Waals surface area contributed by atoms with E-state index in [2.05, 4.69) is 5.32 Å². The minimum atomic E-state index is -0.772. The number of aliphatic hydroxyl groups is 1. The van der Waals surface area contributed by atoms with Crippen molar-refractivity contribution in [2.24, 2.45) is 5.92 Å². The lowest BCUT2D eigenvalue weighted by Crippen LogP contribution is -2.49. The molecule has 23 heavy (non-hydrogen) atoms. The van der Waals surface area contributed by atoms with Gasteiger partial charge in [0.2, 0.25) is 11.8 Å². The zero-order valence-electron chi connectivity index (χ0n) is 13.1. The number of anilines is 1. The molecule has 1 heterocycles. The number of rotatable bonds is 4. The van der Waals surface area contributed by atoms with E-state index >= 15 is 0 Å². The van der Waals surface area contributed by atoms with Crippen LogP contribution in [0.2, 0.25) is 0 Å². The van der Waals surface area contributed by atoms with Gasteiger partial charge >= 0.3 is 0 Å². The molecule has 0 spiro atoms. The minimum Gasteiger partial charge on any atom is -0.388 e. The first-order chi connectivity index (χ1) is 10.9. The lowest BCUT2D eigenvalue weighted by atomic mass is 9.80. The van der Waals surface area contributed by atoms with Crippen molar-refractivity contribution in [1.82, 2.24) is 5.32 Å². The summed E-state index contributed by atoms with van der Waals surface area (Å²) < 4.78 is 13.3. The fourth-order valence-corrected chi connectivity index (χ4v) is 3.09. The van der Waals surface area contributed by atoms with Gasteiger partial charge in [-0.25, -0.2) is 4.39 Å². The Hall–Kier alpha value is -1.95. The molecule has 1 aromatic rings. The van der Waals surface area contributed by atoms with E-state index in [1.54, 1.807) is 19.1 Å². The van der Waals surface area contributed by atoms with Crippen LogP contribution in [0.5, 0.6) is 0 Å². The SMILES string of the molecule is Cc1cc(N2CC(C(=O)NCC3(O)CCC3)CC2=O)ccc1F. The summed E-state index contributed by atoms with van der Waals surface area (Å²) >= 11 is 0. The number of nitrogens with one attached hydrogen (secondary N) is 1. The fourth-order valence-electron chi connectivity index (χ4n) is 3.09. The summed E-state index contributed by atoms with van der Waals surface area (Å²) in [6, 6.07) is 4.50. The number of carbonyl (C=O) groups excluding carboxylic acids is 2. The monoisotopic (exact) mass is 320 g/mol. The van der Waals surface area contributed by atoms with Crippen LogP contribution in [0.3, 0.4) is 0 Å². The van der Waals surface area contributed by atoms with E-state index in [1.807, 2.05) is 0 Å². The number of nitrogens with zero attached hydrogens (tertiary/aromatic N) is 1. The van der Waals surface area contributed by atoms with Gasteiger partial charge in [-0.1, -0.05) is 0 Å². The second kappa shape index (κ2) is 5.92. The molecule has 2 aliphatic rings. The van der Waals surface area contributed by atoms with Crippen molar-refractivity contribution >= 4 is 17.5 Å². The highest BCUT2D eigenvalue weighted by molar-refractivity contribution is 6.00. The molecule has 0 radical (unpaired) electrons. The molecule has 1 aliphatic heterocycles. The number of amides is 2. The van der Waals surface area contributed by atoms with Gasteiger partial charge in [0.25, 0.3) is 0 Å². The summed E-state index contributed by atoms with van der Waals surface area (Å²) in [7, 11) is 0. The first-order valence-corrected chi connectivity index (χ1v) is 7.95. The largest absolute Gasteiger partial charge is 0.388 e. The maximum absolute atomic E-state index is 13.3. The zero-order valence-corrected chi connectivity index (χ0v) is 13.1. The van der Waals surface area contributed by atoms with Crippen LogP contribution in [0.4, 0.5) is 10.1 Å². The molecule has 6 heteroatoms. The van der Waals surface area contributed by atoms with Gasteiger partial charge in [-0.3, -0.25) is 9.59 Å². The molecule has 3 rings (SSSR count). The highest BCUT2D eigenvalue weighted by Crippen LogP contribution is 2.31. The Bertz CT molecular complexity index is 643. The molecule has 5 nitrogen and oxygen atoms in total. The van der Waals surface area contributed by atoms with Crippen molar-refractivity contribution in [2.45, 2.75) is 38.2 Å². The van der Waals surface area contributed by atoms with Crippen LogP contribution in [0.1, 0.15) is 31.2 Å². The third-order valence-electron chi connectivity index (χ3n) is 4.82. The molecule has 1 unspecified atom stereocenters. The molecule has 1 aliphatic carbocycles. The van der Waals surface area contributed by atoms with Crippen molar-refractivity contribution in [3.63, 3.8) is 0 Å². The Morgan fingerprint density at radius 3 is 2.83 bits per heavy atom. The zero-order chi connectivity index (χ0) is 16.6. The molecule has 0 bridgehead atoms. The van der Waals surface area contributed by atoms with Gasteiger partial charge < -0.3 is 15.3 Å². The topological polar surface area (TPSA) is 69.6 Å². The van der Waals surface area contributed by atoms with E-state index in [-0.39, 0.29) is 37.1 Å². The molecular formula is C17H21FN2O3. The van der Waals surface area contributed by atoms with Gasteiger partial charge in [-0.2, -0.15) is 0 Å². The van der Waals surface area contributed by atoms with Gasteiger partial charge in [0.05, 0.1) is 11.5 Å². The average molecular weight is 320 g/mol. The summed E-state index contributed by atoms with van der Waals surface area (Å²) in [5, 5.41) is 12.8. The highest BCUT2D eigenvalue weighted by Gasteiger charge is 2.38. The molecule has 1 saturated heterocycles. The maximum atomic E-state index is 13.3. The lowest BCUT2D eigenvalue weighted by Gasteiger charge is -2.36. The number of carbonyl (C=O) groups is 2. The molecule has 124 valence electrons. The smallest absolute Gasteiger partial charge is 0.227 e. The second-order valence-corrected chi connectivity index (χ2v) is 6.63. The summed E-state index contributed by atoms with van der Waals surface area (Å²) in [6.07, 6.45) is 2.53. The third kappa shape index (κ3) is 3.22. The standard InChI is InChI=1S/C17H21FN2O3/c1-11-7-13(3-4-14(11)18)20-9-12(8-15(20)21)16(22)19-10-17(23)5-2-6-17/h3-4,7,12,23H,2,5-6,8-10H2,1H3,(H,19,22). The quantitative estimate of drug-likeness (QED) is 0.884. The van der Waals surface area contributed by atoms with Gasteiger partial charge in [0.15, 0.2) is 0 Å². The number of halogens is 1. The van der Waals surface area contributed by atoms with Crippen molar-refractivity contribution < 1.29 is 19.1 Å². The van der Waals surface area contributed by atoms with Crippen molar-refractivity contribution in [2.75, 3.05) is 18.0 Å². The lowest BCUT2D eigenvalue weighted by molar-refractivity contribution is -0.128. The fraction of sp³-hybridized carbons (Fsp3) is 0.529. The predicted octanol–water partition coefficient (Wildman–Crippen LogP) is 1.52. The van der Waals surface area contributed by atoms with Gasteiger partial charge in [0, 0.05) is 25.2 Å². The Morgan fingerprint density at radius 2 is 2.22 bits per heavy atom. The average Bonchev–Trinajstić information content (AvgIpc) is 2.88. The number of aryl methyl sites for hydroxylation is 1. The highest BCUT2D eigenvalue weighted by atomic mass is 19.1. The van der Waals surface area contributed by atoms with Crippen molar-refractivity contribution in [3.8, 4) is 0 Å². The van der Waals surface area contributed by atoms with Crippen LogP contribution in [-0.2, 0) is 9.59 Å². The van der Waals surface area contributed by atoms with Crippen molar-refractivity contribution in [3.05, 3.63) is 29.6 Å². The molecule has 2 fully saturated rings. The summed E-state index contributed by atoms with van der Waals surface area (Å²) in [6.45, 7) is 2.17. The Balaban J connectivity index is 1.62. The van der Waals surface area contributed by atoms with Gasteiger partial charge in [-0.15, -0.1) is 0 Å². The van der Waals surface area contributed by atoms with E-state index in [1.165, 1.54) is 11.0 Å². The first kappa shape index (κ1) is 15.9. The Kier molecular flexibility index (Phi) is 4.10. The predicted molar refractivity (Wildman–Crippen MR) is 83.4 cm³/mol. The molecule has 1 aromatic carbocycles. The summed E-state index contributed by atoms with van der Waals surface area (Å²) in [4.78, 5) is 25.9. The number of hydrogen-bond donors (Lipinski definition) is 2. The number of hydrogen-bond acceptors (Lipinski definition) is 3. The normalized spacial score (nSPS) is 22.8. The van der Waals surface area contributed by atoms with Crippen LogP contribution >= 0.6 is 0 Å². The summed E-state index contributed by atoms with van der Waals surface area (Å²) in [5.74, 6) is -1.10. The van der Waals surface area contributed by atoms with E-state index in [0.717, 1.165) is 6.42 Å². The molecule has 2 N–H and O–H groups in total. The van der Waals surface area contributed by atoms with E-state index in [0.29, 0.717) is 24.1 Å². The van der Waals surface area contributed by atoms with Crippen LogP contribution in [0.25, 0.3) is 0 Å². The van der Waals surface area contributed by atoms with Crippen molar-refractivity contribution in [1.29, 1.82) is 0 Å². The minimum absolute atomic E-state index is 0.140. The molecular weight excluding hydrogens is 299 g/mol. The number of benzene rings is 1. The van der Waals surface area contributed by atoms with Crippen LogP contribution in [-0.4, -0.2) is 35.6 Å². The Morgan fingerprint density at radius 1 is 1.48 bits per heavy atom. The molecule has 1 saturated carbocycles. The van der Waals surface area contributed by atoms with E-state index in [4.69, 9.17) is 0 Å². The first-order valence-electron chi connectivity index (χ1n) is 7.95. The van der Waals surface area contributed by atoms with E-state index in [9.17, 15) is 19.1 Å². The second-order valence-electron chi connectivity index (χ2n) is 6.63. The maximum Gasteiger partial charge on any atom is 0.227 e. The van der Waals surface area contributed by atoms with Crippen LogP contribution in [0.15, 0.2) is 18.2 Å². The van der Waals surface area contributed by atoms with Crippen LogP contribution < -0.4 is 10.2 Å². The van der Waals surface area contributed by atoms with Gasteiger partial charge in [-0.05, 0) is 49.9 Å². The molecule has 0 aromatic heterocycles. The summed E-state index contributed by atoms with van der Waals surface area (Å²) in [5.41, 5.74) is 0.309.